The maximum Gasteiger partial charge on any atom is 0.245 e. The first kappa shape index (κ1) is 22.8. The van der Waals surface area contributed by atoms with Crippen molar-refractivity contribution in [3.63, 3.8) is 0 Å². The zero-order valence-electron chi connectivity index (χ0n) is 18.5. The second-order valence-electron chi connectivity index (χ2n) is 8.42. The molecule has 32 heavy (non-hydrogen) atoms. The van der Waals surface area contributed by atoms with Crippen LogP contribution in [0.15, 0.2) is 24.9 Å². The van der Waals surface area contributed by atoms with Gasteiger partial charge in [-0.15, -0.1) is 11.3 Å². The fourth-order valence-electron chi connectivity index (χ4n) is 4.31. The number of amides is 1. The van der Waals surface area contributed by atoms with E-state index < -0.39 is 0 Å². The van der Waals surface area contributed by atoms with Crippen molar-refractivity contribution in [3.8, 4) is 0 Å². The molecule has 9 heteroatoms. The minimum Gasteiger partial charge on any atom is -0.379 e. The molecule has 0 aromatic carbocycles. The normalized spacial score (nSPS) is 19.7. The highest BCUT2D eigenvalue weighted by Gasteiger charge is 2.25. The largest absolute Gasteiger partial charge is 0.379 e. The van der Waals surface area contributed by atoms with Crippen LogP contribution in [0.1, 0.15) is 29.0 Å². The van der Waals surface area contributed by atoms with Gasteiger partial charge in [0.2, 0.25) is 5.91 Å². The van der Waals surface area contributed by atoms with Crippen LogP contribution in [0.3, 0.4) is 0 Å². The number of carbonyl (C=O) groups is 1. The molecule has 0 radical (unpaired) electrons. The predicted octanol–water partition coefficient (Wildman–Crippen LogP) is 3.53. The van der Waals surface area contributed by atoms with Crippen LogP contribution in [-0.2, 0) is 22.5 Å². The van der Waals surface area contributed by atoms with Crippen molar-refractivity contribution in [2.24, 2.45) is 5.92 Å². The molecule has 2 aliphatic heterocycles. The van der Waals surface area contributed by atoms with Gasteiger partial charge in [-0.2, -0.15) is 0 Å². The number of nitrogens with one attached hydrogen (secondary N) is 1. The van der Waals surface area contributed by atoms with E-state index in [9.17, 15) is 4.79 Å². The molecule has 0 saturated carbocycles. The SMILES string of the molecule is C=CC(=O)N1CCC[C@H](Cc2nc(Nc3ncc(C)s3)cc(CN3CCOCC3)c2F)C1. The quantitative estimate of drug-likeness (QED) is 0.639. The van der Waals surface area contributed by atoms with E-state index in [1.807, 2.05) is 6.92 Å². The highest BCUT2D eigenvalue weighted by Crippen LogP contribution is 2.27. The summed E-state index contributed by atoms with van der Waals surface area (Å²) in [7, 11) is 0. The Labute approximate surface area is 192 Å². The topological polar surface area (TPSA) is 70.6 Å². The van der Waals surface area contributed by atoms with E-state index in [0.29, 0.717) is 49.8 Å². The monoisotopic (exact) mass is 459 g/mol. The Bertz CT molecular complexity index is 960. The Morgan fingerprint density at radius 2 is 2.22 bits per heavy atom. The Balaban J connectivity index is 1.57. The van der Waals surface area contributed by atoms with Crippen LogP contribution in [0.2, 0.25) is 0 Å². The predicted molar refractivity (Wildman–Crippen MR) is 124 cm³/mol. The van der Waals surface area contributed by atoms with Gasteiger partial charge in [-0.25, -0.2) is 14.4 Å². The summed E-state index contributed by atoms with van der Waals surface area (Å²) in [6, 6.07) is 1.79. The highest BCUT2D eigenvalue weighted by atomic mass is 32.1. The van der Waals surface area contributed by atoms with E-state index in [0.717, 1.165) is 42.5 Å². The van der Waals surface area contributed by atoms with E-state index in [1.54, 1.807) is 17.2 Å². The van der Waals surface area contributed by atoms with Gasteiger partial charge in [-0.05, 0) is 44.2 Å². The third-order valence-electron chi connectivity index (χ3n) is 5.94. The summed E-state index contributed by atoms with van der Waals surface area (Å²) in [4.78, 5) is 26.1. The van der Waals surface area contributed by atoms with Crippen LogP contribution >= 0.6 is 11.3 Å². The lowest BCUT2D eigenvalue weighted by atomic mass is 9.92. The van der Waals surface area contributed by atoms with Crippen molar-refractivity contribution in [2.75, 3.05) is 44.7 Å². The summed E-state index contributed by atoms with van der Waals surface area (Å²) in [6.45, 7) is 10.3. The van der Waals surface area contributed by atoms with Gasteiger partial charge < -0.3 is 15.0 Å². The smallest absolute Gasteiger partial charge is 0.245 e. The molecule has 2 aromatic rings. The van der Waals surface area contributed by atoms with E-state index >= 15 is 4.39 Å². The lowest BCUT2D eigenvalue weighted by Crippen LogP contribution is -2.39. The number of aromatic nitrogens is 2. The number of hydrogen-bond donors (Lipinski definition) is 1. The molecule has 0 spiro atoms. The van der Waals surface area contributed by atoms with Gasteiger partial charge in [0.25, 0.3) is 0 Å². The molecular formula is C23H30FN5O2S. The number of anilines is 2. The van der Waals surface area contributed by atoms with Crippen LogP contribution in [0.25, 0.3) is 0 Å². The van der Waals surface area contributed by atoms with Gasteiger partial charge in [0.15, 0.2) is 5.13 Å². The number of nitrogens with zero attached hydrogens (tertiary/aromatic N) is 4. The van der Waals surface area contributed by atoms with Crippen molar-refractivity contribution < 1.29 is 13.9 Å². The lowest BCUT2D eigenvalue weighted by molar-refractivity contribution is -0.127. The number of likely N-dealkylation sites (tertiary alicyclic amines) is 1. The van der Waals surface area contributed by atoms with Crippen molar-refractivity contribution >= 4 is 28.2 Å². The lowest BCUT2D eigenvalue weighted by Gasteiger charge is -2.32. The summed E-state index contributed by atoms with van der Waals surface area (Å²) in [6.07, 6.45) is 5.50. The van der Waals surface area contributed by atoms with Gasteiger partial charge in [0.05, 0.1) is 18.9 Å². The molecule has 7 nitrogen and oxygen atoms in total. The van der Waals surface area contributed by atoms with Crippen molar-refractivity contribution in [2.45, 2.75) is 32.7 Å². The van der Waals surface area contributed by atoms with Crippen molar-refractivity contribution in [1.29, 1.82) is 0 Å². The van der Waals surface area contributed by atoms with Gasteiger partial charge in [-0.3, -0.25) is 9.69 Å². The molecule has 4 rings (SSSR count). The average Bonchev–Trinajstić information content (AvgIpc) is 3.21. The number of pyridine rings is 1. The zero-order valence-corrected chi connectivity index (χ0v) is 19.3. The third-order valence-corrected chi connectivity index (χ3v) is 6.77. The second kappa shape index (κ2) is 10.5. The number of carbonyl (C=O) groups excluding carboxylic acids is 1. The number of halogens is 1. The van der Waals surface area contributed by atoms with E-state index in [2.05, 4.69) is 26.8 Å². The van der Waals surface area contributed by atoms with E-state index in [1.165, 1.54) is 17.4 Å². The molecular weight excluding hydrogens is 429 g/mol. The molecule has 2 aliphatic rings. The molecule has 2 fully saturated rings. The molecule has 1 amide bonds. The molecule has 0 bridgehead atoms. The van der Waals surface area contributed by atoms with Gasteiger partial charge in [-0.1, -0.05) is 6.58 Å². The number of morpholine rings is 1. The zero-order chi connectivity index (χ0) is 22.5. The Morgan fingerprint density at radius 1 is 1.41 bits per heavy atom. The standard InChI is InChI=1S/C23H30FN5O2S/c1-3-21(30)29-6-4-5-17(14-29)11-19-22(24)18(15-28-7-9-31-10-8-28)12-20(26-19)27-23-25-13-16(2)32-23/h3,12-13,17H,1,4-11,14-15H2,2H3,(H,25,26,27)/t17-/m1/s1. The van der Waals surface area contributed by atoms with Crippen molar-refractivity contribution in [1.82, 2.24) is 19.8 Å². The maximum atomic E-state index is 15.6. The molecule has 2 aromatic heterocycles. The van der Waals surface area contributed by atoms with Crippen LogP contribution in [0.5, 0.6) is 0 Å². The molecule has 1 atom stereocenters. The van der Waals surface area contributed by atoms with Crippen LogP contribution < -0.4 is 5.32 Å². The summed E-state index contributed by atoms with van der Waals surface area (Å²) in [5.41, 5.74) is 1.08. The van der Waals surface area contributed by atoms with Crippen LogP contribution in [0, 0.1) is 18.7 Å². The van der Waals surface area contributed by atoms with Gasteiger partial charge in [0.1, 0.15) is 11.6 Å². The number of rotatable bonds is 7. The summed E-state index contributed by atoms with van der Waals surface area (Å²) < 4.78 is 21.0. The molecule has 0 unspecified atom stereocenters. The fourth-order valence-corrected chi connectivity index (χ4v) is 4.98. The minimum atomic E-state index is -0.246. The molecule has 4 heterocycles. The minimum absolute atomic E-state index is 0.0642. The average molecular weight is 460 g/mol. The number of aryl methyl sites for hydroxylation is 1. The summed E-state index contributed by atoms with van der Waals surface area (Å²) in [5.74, 6) is 0.465. The second-order valence-corrected chi connectivity index (χ2v) is 9.65. The van der Waals surface area contributed by atoms with Gasteiger partial charge in [0, 0.05) is 49.4 Å². The molecule has 2 saturated heterocycles. The van der Waals surface area contributed by atoms with Crippen LogP contribution in [-0.4, -0.2) is 65.1 Å². The number of hydrogen-bond acceptors (Lipinski definition) is 7. The molecule has 1 N–H and O–H groups in total. The highest BCUT2D eigenvalue weighted by molar-refractivity contribution is 7.15. The number of ether oxygens (including phenoxy) is 1. The first-order chi connectivity index (χ1) is 15.5. The van der Waals surface area contributed by atoms with Crippen LogP contribution in [0.4, 0.5) is 15.3 Å². The first-order valence-electron chi connectivity index (χ1n) is 11.1. The Kier molecular flexibility index (Phi) is 7.49. The van der Waals surface area contributed by atoms with Crippen molar-refractivity contribution in [3.05, 3.63) is 46.9 Å². The van der Waals surface area contributed by atoms with E-state index in [4.69, 9.17) is 4.74 Å². The summed E-state index contributed by atoms with van der Waals surface area (Å²) >= 11 is 1.54. The summed E-state index contributed by atoms with van der Waals surface area (Å²) in [5, 5.41) is 3.99. The third kappa shape index (κ3) is 5.70. The molecule has 0 aliphatic carbocycles. The first-order valence-corrected chi connectivity index (χ1v) is 11.9. The number of piperidine rings is 1. The Morgan fingerprint density at radius 3 is 2.94 bits per heavy atom. The fraction of sp³-hybridized carbons (Fsp3) is 0.522. The molecule has 172 valence electrons. The van der Waals surface area contributed by atoms with E-state index in [-0.39, 0.29) is 17.6 Å². The Hall–Kier alpha value is -2.36. The number of thiazole rings is 1. The van der Waals surface area contributed by atoms with Gasteiger partial charge >= 0.3 is 0 Å². The maximum absolute atomic E-state index is 15.6.